The Morgan fingerprint density at radius 3 is 2.33 bits per heavy atom. The van der Waals surface area contributed by atoms with E-state index in [2.05, 4.69) is 0 Å². The Labute approximate surface area is 70.8 Å². The molecule has 0 amide bonds. The first kappa shape index (κ1) is 9.88. The van der Waals surface area contributed by atoms with E-state index in [9.17, 15) is 10.2 Å². The Hall–Kier alpha value is -0.200. The molecule has 1 aliphatic heterocycles. The fraction of sp³-hybridized carbons (Fsp3) is 1.00. The second kappa shape index (κ2) is 3.68. The molecule has 0 aromatic rings. The van der Waals surface area contributed by atoms with Crippen molar-refractivity contribution in [3.63, 3.8) is 0 Å². The lowest BCUT2D eigenvalue weighted by Gasteiger charge is -2.38. The second-order valence-corrected chi connectivity index (χ2v) is 3.03. The van der Waals surface area contributed by atoms with Gasteiger partial charge < -0.3 is 25.8 Å². The summed E-state index contributed by atoms with van der Waals surface area (Å²) in [6.07, 6.45) is -3.31. The quantitative estimate of drug-likeness (QED) is 0.377. The minimum atomic E-state index is -1.19. The van der Waals surface area contributed by atoms with E-state index in [1.54, 1.807) is 6.92 Å². The zero-order valence-corrected chi connectivity index (χ0v) is 6.92. The Morgan fingerprint density at radius 2 is 1.83 bits per heavy atom. The van der Waals surface area contributed by atoms with Crippen molar-refractivity contribution in [1.82, 2.24) is 0 Å². The number of aliphatic hydroxyl groups is 3. The number of hydrogen-bond acceptors (Lipinski definition) is 5. The number of rotatable bonds is 1. The second-order valence-electron chi connectivity index (χ2n) is 3.03. The molecule has 0 aromatic carbocycles. The molecule has 0 spiro atoms. The molecule has 0 aliphatic carbocycles. The first-order valence-electron chi connectivity index (χ1n) is 4.03. The van der Waals surface area contributed by atoms with Crippen LogP contribution in [0.3, 0.4) is 0 Å². The van der Waals surface area contributed by atoms with E-state index in [1.165, 1.54) is 0 Å². The Bertz CT molecular complexity index is 150. The van der Waals surface area contributed by atoms with E-state index in [-0.39, 0.29) is 0 Å². The third kappa shape index (κ3) is 1.60. The van der Waals surface area contributed by atoms with Crippen LogP contribution in [0.1, 0.15) is 13.3 Å². The van der Waals surface area contributed by atoms with Crippen LogP contribution in [-0.2, 0) is 4.74 Å². The van der Waals surface area contributed by atoms with Gasteiger partial charge in [0.05, 0.1) is 12.1 Å². The average Bonchev–Trinajstić information content (AvgIpc) is 2.08. The van der Waals surface area contributed by atoms with E-state index in [0.717, 1.165) is 0 Å². The maximum absolute atomic E-state index is 9.36. The van der Waals surface area contributed by atoms with Gasteiger partial charge in [-0.1, -0.05) is 6.92 Å². The van der Waals surface area contributed by atoms with Crippen LogP contribution < -0.4 is 5.73 Å². The summed E-state index contributed by atoms with van der Waals surface area (Å²) >= 11 is 0. The highest BCUT2D eigenvalue weighted by molar-refractivity contribution is 4.90. The molecular weight excluding hydrogens is 162 g/mol. The Kier molecular flexibility index (Phi) is 3.03. The van der Waals surface area contributed by atoms with Crippen molar-refractivity contribution >= 4 is 0 Å². The molecule has 12 heavy (non-hydrogen) atoms. The minimum Gasteiger partial charge on any atom is -0.388 e. The van der Waals surface area contributed by atoms with Gasteiger partial charge in [-0.3, -0.25) is 0 Å². The lowest BCUT2D eigenvalue weighted by atomic mass is 9.96. The number of hydrogen-bond donors (Lipinski definition) is 4. The molecule has 1 rings (SSSR count). The van der Waals surface area contributed by atoms with E-state index in [0.29, 0.717) is 6.42 Å². The number of ether oxygens (including phenoxy) is 1. The molecule has 0 saturated carbocycles. The maximum atomic E-state index is 9.36. The van der Waals surface area contributed by atoms with Gasteiger partial charge in [0, 0.05) is 0 Å². The van der Waals surface area contributed by atoms with Gasteiger partial charge in [0.15, 0.2) is 6.29 Å². The van der Waals surface area contributed by atoms with Crippen LogP contribution in [0.25, 0.3) is 0 Å². The van der Waals surface area contributed by atoms with Crippen LogP contribution in [0, 0.1) is 0 Å². The van der Waals surface area contributed by atoms with Crippen LogP contribution in [0.4, 0.5) is 0 Å². The van der Waals surface area contributed by atoms with Gasteiger partial charge in [-0.15, -0.1) is 0 Å². The monoisotopic (exact) mass is 177 g/mol. The minimum absolute atomic E-state index is 0.530. The lowest BCUT2D eigenvalue weighted by Crippen LogP contribution is -2.60. The van der Waals surface area contributed by atoms with Crippen LogP contribution in [-0.4, -0.2) is 46.0 Å². The van der Waals surface area contributed by atoms with Gasteiger partial charge in [-0.25, -0.2) is 0 Å². The molecule has 5 heteroatoms. The van der Waals surface area contributed by atoms with E-state index in [4.69, 9.17) is 15.6 Å². The summed E-state index contributed by atoms with van der Waals surface area (Å²) in [5.41, 5.74) is 5.34. The fourth-order valence-corrected chi connectivity index (χ4v) is 1.30. The fourth-order valence-electron chi connectivity index (χ4n) is 1.30. The van der Waals surface area contributed by atoms with Crippen molar-refractivity contribution in [2.24, 2.45) is 5.73 Å². The molecule has 72 valence electrons. The molecule has 5 atom stereocenters. The third-order valence-electron chi connectivity index (χ3n) is 2.17. The van der Waals surface area contributed by atoms with Gasteiger partial charge in [-0.05, 0) is 6.42 Å². The van der Waals surface area contributed by atoms with Gasteiger partial charge in [-0.2, -0.15) is 0 Å². The molecular formula is C7H15NO4. The van der Waals surface area contributed by atoms with Gasteiger partial charge in [0.1, 0.15) is 12.2 Å². The van der Waals surface area contributed by atoms with Crippen LogP contribution in [0.5, 0.6) is 0 Å². The zero-order valence-electron chi connectivity index (χ0n) is 6.92. The third-order valence-corrected chi connectivity index (χ3v) is 2.17. The molecule has 5 nitrogen and oxygen atoms in total. The number of nitrogens with two attached hydrogens (primary N) is 1. The maximum Gasteiger partial charge on any atom is 0.172 e. The van der Waals surface area contributed by atoms with E-state index >= 15 is 0 Å². The number of aliphatic hydroxyl groups excluding tert-OH is 3. The summed E-state index contributed by atoms with van der Waals surface area (Å²) in [5.74, 6) is 0. The molecule has 0 unspecified atom stereocenters. The van der Waals surface area contributed by atoms with Crippen molar-refractivity contribution in [2.75, 3.05) is 0 Å². The molecule has 0 radical (unpaired) electrons. The topological polar surface area (TPSA) is 95.9 Å². The van der Waals surface area contributed by atoms with Crippen molar-refractivity contribution in [2.45, 2.75) is 44.0 Å². The molecule has 5 N–H and O–H groups in total. The van der Waals surface area contributed by atoms with Crippen LogP contribution in [0.15, 0.2) is 0 Å². The van der Waals surface area contributed by atoms with E-state index < -0.39 is 30.6 Å². The molecule has 1 heterocycles. The van der Waals surface area contributed by atoms with Crippen molar-refractivity contribution in [3.05, 3.63) is 0 Å². The van der Waals surface area contributed by atoms with Crippen LogP contribution >= 0.6 is 0 Å². The van der Waals surface area contributed by atoms with Crippen molar-refractivity contribution in [3.8, 4) is 0 Å². The summed E-state index contributed by atoms with van der Waals surface area (Å²) < 4.78 is 4.95. The normalized spacial score (nSPS) is 49.2. The smallest absolute Gasteiger partial charge is 0.172 e. The highest BCUT2D eigenvalue weighted by Gasteiger charge is 2.40. The molecule has 1 aliphatic rings. The van der Waals surface area contributed by atoms with Crippen molar-refractivity contribution < 1.29 is 20.1 Å². The molecule has 0 bridgehead atoms. The first-order chi connectivity index (χ1) is 5.57. The van der Waals surface area contributed by atoms with Crippen LogP contribution in [0.2, 0.25) is 0 Å². The highest BCUT2D eigenvalue weighted by Crippen LogP contribution is 2.20. The average molecular weight is 177 g/mol. The summed E-state index contributed by atoms with van der Waals surface area (Å²) in [7, 11) is 0. The summed E-state index contributed by atoms with van der Waals surface area (Å²) in [6.45, 7) is 1.80. The van der Waals surface area contributed by atoms with Gasteiger partial charge in [0.25, 0.3) is 0 Å². The van der Waals surface area contributed by atoms with E-state index in [1.807, 2.05) is 0 Å². The standard InChI is InChI=1S/C7H15NO4/c1-2-3-5(9)6(10)4(8)7(11)12-3/h3-7,9-11H,2,8H2,1H3/t3-,4+,5+,6+,7+/m0/s1. The molecule has 0 aromatic heterocycles. The predicted molar refractivity (Wildman–Crippen MR) is 41.2 cm³/mol. The summed E-state index contributed by atoms with van der Waals surface area (Å²) in [6, 6.07) is -0.928. The molecule has 1 saturated heterocycles. The summed E-state index contributed by atoms with van der Waals surface area (Å²) in [4.78, 5) is 0. The largest absolute Gasteiger partial charge is 0.388 e. The highest BCUT2D eigenvalue weighted by atomic mass is 16.6. The predicted octanol–water partition coefficient (Wildman–Crippen LogP) is -1.84. The zero-order chi connectivity index (χ0) is 9.30. The SMILES string of the molecule is CC[C@@H]1O[C@@H](O)[C@H](N)[C@@H](O)[C@@H]1O. The summed E-state index contributed by atoms with van der Waals surface area (Å²) in [5, 5.41) is 27.8. The van der Waals surface area contributed by atoms with Gasteiger partial charge >= 0.3 is 0 Å². The van der Waals surface area contributed by atoms with Gasteiger partial charge in [0.2, 0.25) is 0 Å². The first-order valence-corrected chi connectivity index (χ1v) is 4.03. The Balaban J connectivity index is 2.63. The molecule has 1 fully saturated rings. The Morgan fingerprint density at radius 1 is 1.25 bits per heavy atom. The lowest BCUT2D eigenvalue weighted by molar-refractivity contribution is -0.242. The van der Waals surface area contributed by atoms with Crippen molar-refractivity contribution in [1.29, 1.82) is 0 Å².